The minimum Gasteiger partial charge on any atom is -0.482 e. The predicted octanol–water partition coefficient (Wildman–Crippen LogP) is 3.56. The van der Waals surface area contributed by atoms with E-state index in [9.17, 15) is 9.59 Å². The Morgan fingerprint density at radius 1 is 1.30 bits per heavy atom. The molecule has 3 rings (SSSR count). The van der Waals surface area contributed by atoms with Crippen LogP contribution in [0.4, 0.5) is 27.7 Å². The van der Waals surface area contributed by atoms with Crippen LogP contribution in [0.2, 0.25) is 5.02 Å². The summed E-state index contributed by atoms with van der Waals surface area (Å²) in [6.07, 6.45) is 1.60. The molecule has 0 unspecified atom stereocenters. The summed E-state index contributed by atoms with van der Waals surface area (Å²) < 4.78 is 5.33. The number of aromatic nitrogens is 1. The number of nitrogens with one attached hydrogen (secondary N) is 3. The van der Waals surface area contributed by atoms with E-state index in [2.05, 4.69) is 39.7 Å². The van der Waals surface area contributed by atoms with Crippen molar-refractivity contribution in [2.24, 2.45) is 0 Å². The first-order valence-electron chi connectivity index (χ1n) is 8.55. The average molecular weight is 390 g/mol. The Hall–Kier alpha value is -3.00. The number of anilines is 4. The van der Waals surface area contributed by atoms with Crippen LogP contribution in [-0.2, 0) is 4.79 Å². The maximum atomic E-state index is 12.3. The molecule has 1 aliphatic rings. The summed E-state index contributed by atoms with van der Waals surface area (Å²) in [7, 11) is 0. The number of hydrogen-bond acceptors (Lipinski definition) is 5. The molecule has 0 aliphatic carbocycles. The normalized spacial score (nSPS) is 12.5. The molecule has 0 bridgehead atoms. The van der Waals surface area contributed by atoms with Gasteiger partial charge >= 0.3 is 6.03 Å². The number of rotatable bonds is 5. The standard InChI is InChI=1S/C18H20ClN5O3/c1-3-24(4-2)16-6-5-11(9-20-16)21-18(26)23-13-8-15-14(7-12(13)19)22-17(25)10-27-15/h5-9H,3-4,10H2,1-2H3,(H,22,25)(H2,21,23,26). The molecule has 9 heteroatoms. The van der Waals surface area contributed by atoms with Gasteiger partial charge in [-0.3, -0.25) is 4.79 Å². The van der Waals surface area contributed by atoms with Crippen molar-refractivity contribution in [3.8, 4) is 5.75 Å². The third-order valence-electron chi connectivity index (χ3n) is 4.04. The topological polar surface area (TPSA) is 95.6 Å². The fourth-order valence-electron chi connectivity index (χ4n) is 2.68. The quantitative estimate of drug-likeness (QED) is 0.726. The van der Waals surface area contributed by atoms with Crippen molar-refractivity contribution in [3.05, 3.63) is 35.5 Å². The second-order valence-corrected chi connectivity index (χ2v) is 6.23. The van der Waals surface area contributed by atoms with E-state index in [1.807, 2.05) is 6.07 Å². The van der Waals surface area contributed by atoms with E-state index >= 15 is 0 Å². The summed E-state index contributed by atoms with van der Waals surface area (Å²) >= 11 is 6.18. The van der Waals surface area contributed by atoms with Gasteiger partial charge in [-0.1, -0.05) is 11.6 Å². The van der Waals surface area contributed by atoms with Crippen LogP contribution in [0.15, 0.2) is 30.5 Å². The van der Waals surface area contributed by atoms with Gasteiger partial charge in [-0.15, -0.1) is 0 Å². The van der Waals surface area contributed by atoms with Crippen LogP contribution in [0.3, 0.4) is 0 Å². The molecule has 0 radical (unpaired) electrons. The summed E-state index contributed by atoms with van der Waals surface area (Å²) in [5, 5.41) is 8.31. The van der Waals surface area contributed by atoms with Crippen molar-refractivity contribution >= 4 is 46.4 Å². The lowest BCUT2D eigenvalue weighted by Gasteiger charge is -2.20. The van der Waals surface area contributed by atoms with Crippen LogP contribution in [0, 0.1) is 0 Å². The van der Waals surface area contributed by atoms with Crippen molar-refractivity contribution in [2.45, 2.75) is 13.8 Å². The SMILES string of the molecule is CCN(CC)c1ccc(NC(=O)Nc2cc3c(cc2Cl)NC(=O)CO3)cn1. The maximum absolute atomic E-state index is 12.3. The van der Waals surface area contributed by atoms with Gasteiger partial charge < -0.3 is 25.6 Å². The summed E-state index contributed by atoms with van der Waals surface area (Å²) in [5.74, 6) is 1.04. The number of benzene rings is 1. The van der Waals surface area contributed by atoms with Gasteiger partial charge in [-0.25, -0.2) is 9.78 Å². The first-order chi connectivity index (χ1) is 13.0. The highest BCUT2D eigenvalue weighted by Crippen LogP contribution is 2.36. The van der Waals surface area contributed by atoms with Crippen LogP contribution < -0.4 is 25.6 Å². The molecule has 2 aromatic rings. The first kappa shape index (κ1) is 18.8. The highest BCUT2D eigenvalue weighted by molar-refractivity contribution is 6.34. The zero-order valence-electron chi connectivity index (χ0n) is 15.0. The lowest BCUT2D eigenvalue weighted by atomic mass is 10.2. The molecule has 3 amide bonds. The molecule has 8 nitrogen and oxygen atoms in total. The molecular formula is C18H20ClN5O3. The zero-order chi connectivity index (χ0) is 19.4. The summed E-state index contributed by atoms with van der Waals surface area (Å²) in [5.41, 5.74) is 1.40. The van der Waals surface area contributed by atoms with Gasteiger partial charge in [0, 0.05) is 19.2 Å². The Kier molecular flexibility index (Phi) is 5.66. The number of ether oxygens (including phenoxy) is 1. The van der Waals surface area contributed by atoms with Crippen molar-refractivity contribution < 1.29 is 14.3 Å². The number of carbonyl (C=O) groups excluding carboxylic acids is 2. The lowest BCUT2D eigenvalue weighted by Crippen LogP contribution is -2.26. The molecule has 0 atom stereocenters. The van der Waals surface area contributed by atoms with E-state index in [1.165, 1.54) is 6.07 Å². The summed E-state index contributed by atoms with van der Waals surface area (Å²) in [4.78, 5) is 30.1. The fourth-order valence-corrected chi connectivity index (χ4v) is 2.89. The predicted molar refractivity (Wildman–Crippen MR) is 106 cm³/mol. The molecule has 142 valence electrons. The lowest BCUT2D eigenvalue weighted by molar-refractivity contribution is -0.118. The van der Waals surface area contributed by atoms with Gasteiger partial charge in [0.1, 0.15) is 11.6 Å². The molecule has 0 fully saturated rings. The number of nitrogens with zero attached hydrogens (tertiary/aromatic N) is 2. The number of amides is 3. The number of fused-ring (bicyclic) bond motifs is 1. The Bertz CT molecular complexity index is 853. The van der Waals surface area contributed by atoms with E-state index in [-0.39, 0.29) is 17.5 Å². The molecule has 1 aliphatic heterocycles. The summed E-state index contributed by atoms with van der Waals surface area (Å²) in [6, 6.07) is 6.27. The Morgan fingerprint density at radius 3 is 2.74 bits per heavy atom. The van der Waals surface area contributed by atoms with Crippen molar-refractivity contribution in [1.29, 1.82) is 0 Å². The minimum absolute atomic E-state index is 0.0785. The largest absolute Gasteiger partial charge is 0.482 e. The number of halogens is 1. The Morgan fingerprint density at radius 2 is 2.07 bits per heavy atom. The zero-order valence-corrected chi connectivity index (χ0v) is 15.8. The Labute approximate surface area is 161 Å². The molecule has 3 N–H and O–H groups in total. The van der Waals surface area contributed by atoms with E-state index in [0.29, 0.717) is 22.8 Å². The molecule has 0 saturated heterocycles. The van der Waals surface area contributed by atoms with Crippen LogP contribution in [0.5, 0.6) is 5.75 Å². The first-order valence-corrected chi connectivity index (χ1v) is 8.93. The van der Waals surface area contributed by atoms with E-state index in [0.717, 1.165) is 18.9 Å². The highest BCUT2D eigenvalue weighted by Gasteiger charge is 2.19. The molecule has 0 spiro atoms. The van der Waals surface area contributed by atoms with Crippen LogP contribution >= 0.6 is 11.6 Å². The van der Waals surface area contributed by atoms with E-state index in [4.69, 9.17) is 16.3 Å². The highest BCUT2D eigenvalue weighted by atomic mass is 35.5. The summed E-state index contributed by atoms with van der Waals surface area (Å²) in [6.45, 7) is 5.75. The monoisotopic (exact) mass is 389 g/mol. The number of urea groups is 1. The molecule has 1 aromatic heterocycles. The number of hydrogen-bond donors (Lipinski definition) is 3. The third kappa shape index (κ3) is 4.40. The van der Waals surface area contributed by atoms with Crippen molar-refractivity contribution in [2.75, 3.05) is 40.5 Å². The average Bonchev–Trinajstić information content (AvgIpc) is 2.65. The van der Waals surface area contributed by atoms with Crippen molar-refractivity contribution in [3.63, 3.8) is 0 Å². The second kappa shape index (κ2) is 8.13. The smallest absolute Gasteiger partial charge is 0.323 e. The molecule has 27 heavy (non-hydrogen) atoms. The van der Waals surface area contributed by atoms with Crippen LogP contribution in [0.1, 0.15) is 13.8 Å². The fraction of sp³-hybridized carbons (Fsp3) is 0.278. The molecular weight excluding hydrogens is 370 g/mol. The second-order valence-electron chi connectivity index (χ2n) is 5.82. The van der Waals surface area contributed by atoms with Gasteiger partial charge in [0.25, 0.3) is 5.91 Å². The Balaban J connectivity index is 1.67. The van der Waals surface area contributed by atoms with Crippen LogP contribution in [-0.4, -0.2) is 36.6 Å². The van der Waals surface area contributed by atoms with E-state index < -0.39 is 6.03 Å². The van der Waals surface area contributed by atoms with Gasteiger partial charge in [0.05, 0.1) is 28.3 Å². The van der Waals surface area contributed by atoms with E-state index in [1.54, 1.807) is 18.3 Å². The van der Waals surface area contributed by atoms with Crippen LogP contribution in [0.25, 0.3) is 0 Å². The third-order valence-corrected chi connectivity index (χ3v) is 4.36. The van der Waals surface area contributed by atoms with Gasteiger partial charge in [0.2, 0.25) is 0 Å². The maximum Gasteiger partial charge on any atom is 0.323 e. The van der Waals surface area contributed by atoms with Crippen molar-refractivity contribution in [1.82, 2.24) is 4.98 Å². The number of carbonyl (C=O) groups is 2. The molecule has 2 heterocycles. The molecule has 1 aromatic carbocycles. The van der Waals surface area contributed by atoms with Gasteiger partial charge in [0.15, 0.2) is 6.61 Å². The van der Waals surface area contributed by atoms with Gasteiger partial charge in [-0.2, -0.15) is 0 Å². The number of pyridine rings is 1. The van der Waals surface area contributed by atoms with Gasteiger partial charge in [-0.05, 0) is 32.0 Å². The minimum atomic E-state index is -0.464. The molecule has 0 saturated carbocycles.